The highest BCUT2D eigenvalue weighted by molar-refractivity contribution is 7.14. The van der Waals surface area contributed by atoms with Crippen molar-refractivity contribution in [1.29, 1.82) is 0 Å². The van der Waals surface area contributed by atoms with Crippen LogP contribution in [0, 0.1) is 0 Å². The van der Waals surface area contributed by atoms with Gasteiger partial charge in [-0.15, -0.1) is 11.3 Å². The molecule has 41 heavy (non-hydrogen) atoms. The maximum Gasteiger partial charge on any atom is 0.252 e. The Morgan fingerprint density at radius 3 is 2.46 bits per heavy atom. The number of amides is 2. The second-order valence-electron chi connectivity index (χ2n) is 9.11. The van der Waals surface area contributed by atoms with Crippen LogP contribution in [-0.4, -0.2) is 41.5 Å². The van der Waals surface area contributed by atoms with E-state index in [0.717, 1.165) is 34.5 Å². The second kappa shape index (κ2) is 21.1. The zero-order chi connectivity index (χ0) is 30.5. The van der Waals surface area contributed by atoms with Gasteiger partial charge in [-0.25, -0.2) is 4.98 Å². The third-order valence-corrected chi connectivity index (χ3v) is 6.64. The highest BCUT2D eigenvalue weighted by Crippen LogP contribution is 2.27. The number of nitrogens with zero attached hydrogens (tertiary/aromatic N) is 3. The number of hydrogen-bond acceptors (Lipinski definition) is 5. The van der Waals surface area contributed by atoms with E-state index in [9.17, 15) is 9.59 Å². The minimum atomic E-state index is -0.0156. The van der Waals surface area contributed by atoms with E-state index in [1.165, 1.54) is 37.0 Å². The molecule has 1 radical (unpaired) electrons. The van der Waals surface area contributed by atoms with Crippen LogP contribution in [0.1, 0.15) is 82.6 Å². The first-order valence-electron chi connectivity index (χ1n) is 14.2. The van der Waals surface area contributed by atoms with Gasteiger partial charge in [-0.2, -0.15) is 0 Å². The molecule has 0 fully saturated rings. The lowest BCUT2D eigenvalue weighted by atomic mass is 10.0. The lowest BCUT2D eigenvalue weighted by Gasteiger charge is -2.03. The van der Waals surface area contributed by atoms with Crippen molar-refractivity contribution < 1.29 is 9.59 Å². The summed E-state index contributed by atoms with van der Waals surface area (Å²) in [7, 11) is 1.89. The average Bonchev–Trinajstić information content (AvgIpc) is 3.67. The molecule has 0 unspecified atom stereocenters. The summed E-state index contributed by atoms with van der Waals surface area (Å²) < 4.78 is 1.85. The number of thiazole rings is 1. The molecule has 2 N–H and O–H groups in total. The minimum absolute atomic E-state index is 0.0156. The number of anilines is 1. The molecule has 3 rings (SSSR count). The van der Waals surface area contributed by atoms with Crippen LogP contribution in [0.15, 0.2) is 72.0 Å². The van der Waals surface area contributed by atoms with Crippen LogP contribution in [0.4, 0.5) is 5.13 Å². The molecular formula is C32H45BN5O2S. The van der Waals surface area contributed by atoms with Gasteiger partial charge >= 0.3 is 0 Å². The number of carbonyl (C=O) groups excluding carboxylic acids is 2. The molecule has 0 saturated heterocycles. The van der Waals surface area contributed by atoms with Gasteiger partial charge in [0.15, 0.2) is 5.13 Å². The third-order valence-electron chi connectivity index (χ3n) is 5.87. The van der Waals surface area contributed by atoms with Gasteiger partial charge in [0.2, 0.25) is 13.8 Å². The average molecular weight is 575 g/mol. The summed E-state index contributed by atoms with van der Waals surface area (Å²) in [6.45, 7) is 17.1. The fraction of sp³-hybridized carbons (Fsp3) is 0.375. The number of rotatable bonds is 13. The number of unbranched alkanes of at least 4 members (excludes halogenated alkanes) is 3. The van der Waals surface area contributed by atoms with E-state index in [1.807, 2.05) is 74.5 Å². The van der Waals surface area contributed by atoms with E-state index in [-0.39, 0.29) is 5.91 Å². The van der Waals surface area contributed by atoms with Gasteiger partial charge in [-0.05, 0) is 55.8 Å². The molecule has 2 amide bonds. The normalized spacial score (nSPS) is 10.6. The summed E-state index contributed by atoms with van der Waals surface area (Å²) in [5.74, 6) is -0.0156. The molecule has 0 aliphatic rings. The lowest BCUT2D eigenvalue weighted by molar-refractivity contribution is -0.105. The summed E-state index contributed by atoms with van der Waals surface area (Å²) in [5.41, 5.74) is 5.51. The Balaban J connectivity index is 0.000000387. The smallest absolute Gasteiger partial charge is 0.252 e. The Labute approximate surface area is 251 Å². The predicted octanol–water partition coefficient (Wildman–Crippen LogP) is 8.12. The van der Waals surface area contributed by atoms with Gasteiger partial charge in [-0.1, -0.05) is 78.1 Å². The third kappa shape index (κ3) is 14.0. The molecule has 219 valence electrons. The predicted molar refractivity (Wildman–Crippen MR) is 178 cm³/mol. The Kier molecular flexibility index (Phi) is 18.2. The van der Waals surface area contributed by atoms with Crippen LogP contribution >= 0.6 is 11.3 Å². The summed E-state index contributed by atoms with van der Waals surface area (Å²) in [6, 6.07) is 9.79. The fourth-order valence-corrected chi connectivity index (χ4v) is 3.99. The molecule has 2 heterocycles. The first-order valence-corrected chi connectivity index (χ1v) is 15.1. The summed E-state index contributed by atoms with van der Waals surface area (Å²) in [4.78, 5) is 30.4. The fourth-order valence-electron chi connectivity index (χ4n) is 3.31. The number of hydrogen-bond donors (Lipinski definition) is 2. The largest absolute Gasteiger partial charge is 0.402 e. The Morgan fingerprint density at radius 2 is 1.88 bits per heavy atom. The number of aromatic nitrogens is 2. The quantitative estimate of drug-likeness (QED) is 0.0711. The van der Waals surface area contributed by atoms with Gasteiger partial charge in [0.05, 0.1) is 11.3 Å². The highest BCUT2D eigenvalue weighted by Gasteiger charge is 2.06. The van der Waals surface area contributed by atoms with Crippen molar-refractivity contribution in [2.75, 3.05) is 11.9 Å². The number of aliphatic imine (C=N–C) groups is 1. The van der Waals surface area contributed by atoms with E-state index in [2.05, 4.69) is 48.0 Å². The maximum absolute atomic E-state index is 11.2. The molecule has 2 aromatic heterocycles. The molecule has 0 bridgehead atoms. The molecule has 9 heteroatoms. The molecule has 3 aromatic rings. The monoisotopic (exact) mass is 574 g/mol. The summed E-state index contributed by atoms with van der Waals surface area (Å²) in [5, 5.41) is 7.80. The summed E-state index contributed by atoms with van der Waals surface area (Å²) in [6.07, 6.45) is 14.4. The van der Waals surface area contributed by atoms with Gasteiger partial charge in [-0.3, -0.25) is 14.6 Å². The zero-order valence-corrected chi connectivity index (χ0v) is 26.3. The molecule has 1 aromatic carbocycles. The zero-order valence-electron chi connectivity index (χ0n) is 25.4. The molecule has 7 nitrogen and oxygen atoms in total. The van der Waals surface area contributed by atoms with Gasteiger partial charge < -0.3 is 15.1 Å². The van der Waals surface area contributed by atoms with Crippen molar-refractivity contribution in [3.63, 3.8) is 0 Å². The van der Waals surface area contributed by atoms with Crippen LogP contribution in [-0.2, 0) is 4.79 Å². The van der Waals surface area contributed by atoms with Crippen LogP contribution in [0.2, 0.25) is 6.82 Å². The Hall–Kier alpha value is -3.72. The van der Waals surface area contributed by atoms with Gasteiger partial charge in [0.25, 0.3) is 5.91 Å². The van der Waals surface area contributed by atoms with Gasteiger partial charge in [0.1, 0.15) is 0 Å². The molecule has 0 aliphatic heterocycles. The number of nitrogens with one attached hydrogen (secondary N) is 2. The van der Waals surface area contributed by atoms with Crippen LogP contribution < -0.4 is 10.6 Å². The summed E-state index contributed by atoms with van der Waals surface area (Å²) >= 11 is 1.40. The van der Waals surface area contributed by atoms with E-state index < -0.39 is 0 Å². The molecule has 0 saturated carbocycles. The van der Waals surface area contributed by atoms with Gasteiger partial charge in [0, 0.05) is 35.6 Å². The lowest BCUT2D eigenvalue weighted by Crippen LogP contribution is -2.22. The van der Waals surface area contributed by atoms with E-state index in [1.54, 1.807) is 18.5 Å². The second-order valence-corrected chi connectivity index (χ2v) is 9.97. The topological polar surface area (TPSA) is 88.4 Å². The standard InChI is InChI=1S/C18H19N3OS.C8H12BN2O.C6H14/c1-4-14(3)19-9-8-13(2)15-6-5-7-16(10-15)17-11-23-18(21-17)20-12-22;1-3-10-8(12)7-4-5-11(6-7)9-2;1-3-5-6-4-2/h5-12H,2,4H2,1,3H3,(H,20,21,22);4-6H,3H2,1-2H3,(H,10,12);3-6H2,1-2H3/b9-8-,19-14?;;. The SMILES string of the molecule is C=C(/C=C\N=C(C)CC)c1cccc(-c2csc(NC=O)n2)c1.CCCCCC.C[B]n1ccc(C(=O)NCC)c1. The van der Waals surface area contributed by atoms with Crippen molar-refractivity contribution in [3.8, 4) is 11.3 Å². The Bertz CT molecular complexity index is 1260. The van der Waals surface area contributed by atoms with Crippen molar-refractivity contribution in [2.45, 2.75) is 73.5 Å². The van der Waals surface area contributed by atoms with Crippen molar-refractivity contribution in [2.24, 2.45) is 4.99 Å². The van der Waals surface area contributed by atoms with Crippen molar-refractivity contribution in [3.05, 3.63) is 78.1 Å². The van der Waals surface area contributed by atoms with E-state index in [0.29, 0.717) is 23.6 Å². The van der Waals surface area contributed by atoms with Crippen LogP contribution in [0.25, 0.3) is 16.8 Å². The van der Waals surface area contributed by atoms with Crippen molar-refractivity contribution >= 4 is 47.5 Å². The number of carbonyl (C=O) groups is 2. The molecular weight excluding hydrogens is 529 g/mol. The number of benzene rings is 1. The maximum atomic E-state index is 11.2. The van der Waals surface area contributed by atoms with Crippen LogP contribution in [0.5, 0.6) is 0 Å². The first kappa shape index (κ1) is 35.3. The van der Waals surface area contributed by atoms with E-state index in [4.69, 9.17) is 0 Å². The van der Waals surface area contributed by atoms with Crippen molar-refractivity contribution in [1.82, 2.24) is 14.8 Å². The molecule has 0 spiro atoms. The Morgan fingerprint density at radius 1 is 1.15 bits per heavy atom. The number of allylic oxidation sites excluding steroid dienone is 2. The molecule has 0 atom stereocenters. The molecule has 0 aliphatic carbocycles. The first-order chi connectivity index (χ1) is 19.8. The van der Waals surface area contributed by atoms with Crippen LogP contribution in [0.3, 0.4) is 0 Å². The van der Waals surface area contributed by atoms with E-state index >= 15 is 0 Å². The highest BCUT2D eigenvalue weighted by atomic mass is 32.1. The minimum Gasteiger partial charge on any atom is -0.402 e.